The number of rotatable bonds is 5. The summed E-state index contributed by atoms with van der Waals surface area (Å²) in [7, 11) is 0. The minimum absolute atomic E-state index is 0.556. The van der Waals surface area contributed by atoms with Crippen LogP contribution in [0.15, 0.2) is 23.0 Å². The average Bonchev–Trinajstić information content (AvgIpc) is 2.56. The zero-order valence-corrected chi connectivity index (χ0v) is 8.21. The first-order valence-corrected chi connectivity index (χ1v) is 4.62. The molecule has 0 saturated carbocycles. The fraction of sp³-hybridized carbons (Fsp3) is 0.600. The lowest BCUT2D eigenvalue weighted by Gasteiger charge is -2.21. The third-order valence-electron chi connectivity index (χ3n) is 2.04. The topological polar surface area (TPSA) is 45.4 Å². The van der Waals surface area contributed by atoms with Crippen LogP contribution in [0.2, 0.25) is 0 Å². The van der Waals surface area contributed by atoms with E-state index < -0.39 is 5.60 Å². The zero-order chi connectivity index (χ0) is 9.73. The van der Waals surface area contributed by atoms with E-state index in [0.29, 0.717) is 6.54 Å². The lowest BCUT2D eigenvalue weighted by molar-refractivity contribution is 0.0566. The van der Waals surface area contributed by atoms with Gasteiger partial charge in [0.25, 0.3) is 0 Å². The van der Waals surface area contributed by atoms with E-state index in [2.05, 4.69) is 12.2 Å². The second-order valence-corrected chi connectivity index (χ2v) is 3.46. The van der Waals surface area contributed by atoms with Gasteiger partial charge in [-0.05, 0) is 26.0 Å². The highest BCUT2D eigenvalue weighted by molar-refractivity contribution is 5.15. The van der Waals surface area contributed by atoms with Crippen molar-refractivity contribution >= 4 is 0 Å². The van der Waals surface area contributed by atoms with Gasteiger partial charge in [0.1, 0.15) is 5.60 Å². The van der Waals surface area contributed by atoms with Crippen molar-refractivity contribution in [3.8, 4) is 0 Å². The monoisotopic (exact) mass is 183 g/mol. The van der Waals surface area contributed by atoms with Gasteiger partial charge < -0.3 is 14.8 Å². The normalized spacial score (nSPS) is 15.6. The van der Waals surface area contributed by atoms with Crippen LogP contribution in [0.5, 0.6) is 0 Å². The third-order valence-corrected chi connectivity index (χ3v) is 2.04. The average molecular weight is 183 g/mol. The Balaban J connectivity index is 2.46. The molecule has 0 spiro atoms. The Labute approximate surface area is 78.8 Å². The first-order chi connectivity index (χ1) is 6.17. The van der Waals surface area contributed by atoms with Crippen LogP contribution in [0.1, 0.15) is 25.8 Å². The fourth-order valence-corrected chi connectivity index (χ4v) is 1.18. The SMILES string of the molecule is CCCNCC(C)(O)c1ccoc1. The second kappa shape index (κ2) is 4.44. The summed E-state index contributed by atoms with van der Waals surface area (Å²) in [6.07, 6.45) is 4.22. The molecule has 0 aliphatic heterocycles. The Kier molecular flexibility index (Phi) is 3.51. The van der Waals surface area contributed by atoms with E-state index in [4.69, 9.17) is 4.42 Å². The van der Waals surface area contributed by atoms with Gasteiger partial charge in [-0.1, -0.05) is 6.92 Å². The molecule has 0 aliphatic rings. The molecule has 1 unspecified atom stereocenters. The molecule has 1 aromatic rings. The minimum Gasteiger partial charge on any atom is -0.472 e. The van der Waals surface area contributed by atoms with Gasteiger partial charge in [0.2, 0.25) is 0 Å². The van der Waals surface area contributed by atoms with Crippen molar-refractivity contribution in [3.63, 3.8) is 0 Å². The van der Waals surface area contributed by atoms with Gasteiger partial charge >= 0.3 is 0 Å². The van der Waals surface area contributed by atoms with Crippen LogP contribution < -0.4 is 5.32 Å². The molecule has 0 bridgehead atoms. The molecule has 1 heterocycles. The predicted molar refractivity (Wildman–Crippen MR) is 51.4 cm³/mol. The molecule has 1 aromatic heterocycles. The van der Waals surface area contributed by atoms with Gasteiger partial charge in [0, 0.05) is 12.1 Å². The Bertz CT molecular complexity index is 229. The van der Waals surface area contributed by atoms with Crippen LogP contribution in [0.4, 0.5) is 0 Å². The van der Waals surface area contributed by atoms with Crippen molar-refractivity contribution in [2.24, 2.45) is 0 Å². The molecule has 1 atom stereocenters. The number of nitrogens with one attached hydrogen (secondary N) is 1. The molecule has 0 amide bonds. The molecule has 0 fully saturated rings. The van der Waals surface area contributed by atoms with E-state index in [1.807, 2.05) is 0 Å². The molecule has 3 nitrogen and oxygen atoms in total. The van der Waals surface area contributed by atoms with Crippen molar-refractivity contribution in [2.45, 2.75) is 25.9 Å². The maximum atomic E-state index is 9.98. The first kappa shape index (κ1) is 10.3. The molecule has 2 N–H and O–H groups in total. The van der Waals surface area contributed by atoms with Crippen molar-refractivity contribution in [1.29, 1.82) is 0 Å². The Morgan fingerprint density at radius 1 is 1.62 bits per heavy atom. The highest BCUT2D eigenvalue weighted by Crippen LogP contribution is 2.19. The van der Waals surface area contributed by atoms with Gasteiger partial charge in [-0.3, -0.25) is 0 Å². The summed E-state index contributed by atoms with van der Waals surface area (Å²) >= 11 is 0. The third kappa shape index (κ3) is 2.86. The molecule has 0 radical (unpaired) electrons. The molecular formula is C10H17NO2. The number of hydrogen-bond acceptors (Lipinski definition) is 3. The standard InChI is InChI=1S/C10H17NO2/c1-3-5-11-8-10(2,12)9-4-6-13-7-9/h4,6-7,11-12H,3,5,8H2,1-2H3. The van der Waals surface area contributed by atoms with E-state index in [0.717, 1.165) is 18.5 Å². The smallest absolute Gasteiger partial charge is 0.102 e. The van der Waals surface area contributed by atoms with Crippen LogP contribution in [-0.2, 0) is 5.60 Å². The minimum atomic E-state index is -0.831. The molecule has 0 saturated heterocycles. The highest BCUT2D eigenvalue weighted by Gasteiger charge is 2.23. The largest absolute Gasteiger partial charge is 0.472 e. The quantitative estimate of drug-likeness (QED) is 0.680. The second-order valence-electron chi connectivity index (χ2n) is 3.46. The van der Waals surface area contributed by atoms with Gasteiger partial charge in [-0.2, -0.15) is 0 Å². The van der Waals surface area contributed by atoms with Gasteiger partial charge in [0.05, 0.1) is 12.5 Å². The maximum absolute atomic E-state index is 9.98. The van der Waals surface area contributed by atoms with E-state index in [1.54, 1.807) is 25.5 Å². The maximum Gasteiger partial charge on any atom is 0.102 e. The van der Waals surface area contributed by atoms with E-state index in [-0.39, 0.29) is 0 Å². The Morgan fingerprint density at radius 2 is 2.38 bits per heavy atom. The van der Waals surface area contributed by atoms with Crippen LogP contribution in [-0.4, -0.2) is 18.2 Å². The molecule has 0 aromatic carbocycles. The van der Waals surface area contributed by atoms with Crippen LogP contribution in [0.25, 0.3) is 0 Å². The fourth-order valence-electron chi connectivity index (χ4n) is 1.18. The number of hydrogen-bond donors (Lipinski definition) is 2. The summed E-state index contributed by atoms with van der Waals surface area (Å²) < 4.78 is 4.92. The predicted octanol–water partition coefficient (Wildman–Crippen LogP) is 1.49. The summed E-state index contributed by atoms with van der Waals surface area (Å²) in [5.74, 6) is 0. The summed E-state index contributed by atoms with van der Waals surface area (Å²) in [4.78, 5) is 0. The Morgan fingerprint density at radius 3 is 2.92 bits per heavy atom. The zero-order valence-electron chi connectivity index (χ0n) is 8.21. The van der Waals surface area contributed by atoms with Crippen LogP contribution in [0, 0.1) is 0 Å². The summed E-state index contributed by atoms with van der Waals surface area (Å²) in [6.45, 7) is 5.36. The highest BCUT2D eigenvalue weighted by atomic mass is 16.3. The number of aliphatic hydroxyl groups is 1. The van der Waals surface area contributed by atoms with E-state index >= 15 is 0 Å². The molecule has 3 heteroatoms. The summed E-state index contributed by atoms with van der Waals surface area (Å²) in [5.41, 5.74) is -0.0153. The Hall–Kier alpha value is -0.800. The van der Waals surface area contributed by atoms with Crippen LogP contribution in [0.3, 0.4) is 0 Å². The van der Waals surface area contributed by atoms with Crippen molar-refractivity contribution < 1.29 is 9.52 Å². The molecule has 1 rings (SSSR count). The molecular weight excluding hydrogens is 166 g/mol. The van der Waals surface area contributed by atoms with Gasteiger partial charge in [-0.25, -0.2) is 0 Å². The number of furan rings is 1. The van der Waals surface area contributed by atoms with Crippen molar-refractivity contribution in [2.75, 3.05) is 13.1 Å². The lowest BCUT2D eigenvalue weighted by Crippen LogP contribution is -2.35. The van der Waals surface area contributed by atoms with E-state index in [9.17, 15) is 5.11 Å². The molecule has 0 aliphatic carbocycles. The lowest BCUT2D eigenvalue weighted by atomic mass is 9.99. The summed E-state index contributed by atoms with van der Waals surface area (Å²) in [5, 5.41) is 13.2. The van der Waals surface area contributed by atoms with Crippen molar-refractivity contribution in [1.82, 2.24) is 5.32 Å². The molecule has 13 heavy (non-hydrogen) atoms. The summed E-state index contributed by atoms with van der Waals surface area (Å²) in [6, 6.07) is 1.79. The van der Waals surface area contributed by atoms with Crippen molar-refractivity contribution in [3.05, 3.63) is 24.2 Å². The first-order valence-electron chi connectivity index (χ1n) is 4.62. The van der Waals surface area contributed by atoms with Crippen LogP contribution >= 0.6 is 0 Å². The molecule has 74 valence electrons. The van der Waals surface area contributed by atoms with Gasteiger partial charge in [0.15, 0.2) is 0 Å². The van der Waals surface area contributed by atoms with E-state index in [1.165, 1.54) is 0 Å². The van der Waals surface area contributed by atoms with Gasteiger partial charge in [-0.15, -0.1) is 0 Å².